The lowest BCUT2D eigenvalue weighted by Gasteiger charge is -2.15. The maximum atomic E-state index is 11.6. The minimum absolute atomic E-state index is 0.126. The quantitative estimate of drug-likeness (QED) is 0.555. The van der Waals surface area contributed by atoms with E-state index in [-0.39, 0.29) is 19.7 Å². The van der Waals surface area contributed by atoms with E-state index in [1.807, 2.05) is 6.92 Å². The van der Waals surface area contributed by atoms with Crippen LogP contribution in [0.5, 0.6) is 0 Å². The third-order valence-electron chi connectivity index (χ3n) is 2.88. The molecule has 19 heavy (non-hydrogen) atoms. The number of hydrogen-bond acceptors (Lipinski definition) is 6. The zero-order valence-corrected chi connectivity index (χ0v) is 12.1. The molecule has 1 aliphatic rings. The smallest absolute Gasteiger partial charge is 0.409 e. The molecule has 2 unspecified atom stereocenters. The van der Waals surface area contributed by atoms with Crippen molar-refractivity contribution in [2.75, 3.05) is 32.6 Å². The molecule has 2 atom stereocenters. The van der Waals surface area contributed by atoms with Crippen molar-refractivity contribution in [3.8, 4) is 0 Å². The van der Waals surface area contributed by atoms with Gasteiger partial charge in [0.2, 0.25) is 0 Å². The first-order valence-electron chi connectivity index (χ1n) is 6.27. The average Bonchev–Trinajstić information content (AvgIpc) is 2.67. The third-order valence-corrected chi connectivity index (χ3v) is 3.45. The molecule has 112 valence electrons. The predicted molar refractivity (Wildman–Crippen MR) is 68.1 cm³/mol. The minimum atomic E-state index is -3.54. The van der Waals surface area contributed by atoms with E-state index in [0.29, 0.717) is 6.61 Å². The highest BCUT2D eigenvalue weighted by Crippen LogP contribution is 2.19. The fourth-order valence-corrected chi connectivity index (χ4v) is 2.20. The Labute approximate surface area is 113 Å². The number of hydrogen-bond donors (Lipinski definition) is 1. The normalized spacial score (nSPS) is 23.6. The maximum Gasteiger partial charge on any atom is 0.409 e. The number of unbranched alkanes of at least 4 members (excludes halogenated alkanes) is 1. The summed E-state index contributed by atoms with van der Waals surface area (Å²) >= 11 is 0. The minimum Gasteiger partial charge on any atom is -0.449 e. The molecule has 0 aromatic rings. The number of aliphatic hydroxyl groups excluding tert-OH is 1. The number of β-amino-alcohol motifs (C(OH)–C–C–N with tert-alkyl or cyclic N) is 1. The van der Waals surface area contributed by atoms with Crippen LogP contribution in [0.4, 0.5) is 4.79 Å². The summed E-state index contributed by atoms with van der Waals surface area (Å²) in [5.41, 5.74) is 0. The second kappa shape index (κ2) is 7.06. The first-order valence-corrected chi connectivity index (χ1v) is 8.09. The molecular formula is C11H21NO6S. The van der Waals surface area contributed by atoms with E-state index in [4.69, 9.17) is 4.74 Å². The van der Waals surface area contributed by atoms with Gasteiger partial charge in [-0.05, 0) is 6.42 Å². The second-order valence-electron chi connectivity index (χ2n) is 4.69. The number of nitrogens with zero attached hydrogens (tertiary/aromatic N) is 1. The molecule has 0 radical (unpaired) electrons. The van der Waals surface area contributed by atoms with Crippen molar-refractivity contribution in [2.45, 2.75) is 25.9 Å². The van der Waals surface area contributed by atoms with Crippen LogP contribution in [0.1, 0.15) is 19.8 Å². The maximum absolute atomic E-state index is 11.6. The standard InChI is InChI=1S/C11H21NO6S/c1-3-4-5-17-11(14)12-6-9(10(13)7-12)8-18-19(2,15)16/h9-10,13H,3-8H2,1-2H3. The Morgan fingerprint density at radius 2 is 2.11 bits per heavy atom. The highest BCUT2D eigenvalue weighted by molar-refractivity contribution is 7.85. The average molecular weight is 295 g/mol. The first-order chi connectivity index (χ1) is 8.83. The summed E-state index contributed by atoms with van der Waals surface area (Å²) < 4.78 is 31.4. The van der Waals surface area contributed by atoms with Crippen LogP contribution in [0.2, 0.25) is 0 Å². The van der Waals surface area contributed by atoms with E-state index in [0.717, 1.165) is 19.1 Å². The topological polar surface area (TPSA) is 93.1 Å². The Bertz CT molecular complexity index is 396. The van der Waals surface area contributed by atoms with Crippen LogP contribution in [-0.4, -0.2) is 63.2 Å². The summed E-state index contributed by atoms with van der Waals surface area (Å²) in [6.07, 6.45) is 1.41. The molecule has 1 heterocycles. The van der Waals surface area contributed by atoms with Crippen molar-refractivity contribution >= 4 is 16.2 Å². The largest absolute Gasteiger partial charge is 0.449 e. The molecule has 0 aliphatic carbocycles. The SMILES string of the molecule is CCCCOC(=O)N1CC(O)C(COS(C)(=O)=O)C1. The van der Waals surface area contributed by atoms with Gasteiger partial charge >= 0.3 is 6.09 Å². The first kappa shape index (κ1) is 16.2. The lowest BCUT2D eigenvalue weighted by Crippen LogP contribution is -2.30. The van der Waals surface area contributed by atoms with Crippen molar-refractivity contribution in [2.24, 2.45) is 5.92 Å². The van der Waals surface area contributed by atoms with E-state index in [1.165, 1.54) is 4.90 Å². The van der Waals surface area contributed by atoms with Crippen molar-refractivity contribution in [1.29, 1.82) is 0 Å². The molecule has 0 aromatic heterocycles. The summed E-state index contributed by atoms with van der Waals surface area (Å²) in [7, 11) is -3.54. The highest BCUT2D eigenvalue weighted by Gasteiger charge is 2.35. The van der Waals surface area contributed by atoms with Crippen molar-refractivity contribution in [3.05, 3.63) is 0 Å². The Morgan fingerprint density at radius 1 is 1.42 bits per heavy atom. The summed E-state index contributed by atoms with van der Waals surface area (Å²) in [6.45, 7) is 2.60. The van der Waals surface area contributed by atoms with Crippen LogP contribution in [0.25, 0.3) is 0 Å². The number of likely N-dealkylation sites (tertiary alicyclic amines) is 1. The second-order valence-corrected chi connectivity index (χ2v) is 6.33. The Morgan fingerprint density at radius 3 is 2.68 bits per heavy atom. The molecule has 7 nitrogen and oxygen atoms in total. The summed E-state index contributed by atoms with van der Waals surface area (Å²) in [5, 5.41) is 9.75. The molecule has 1 rings (SSSR count). The molecule has 0 aromatic carbocycles. The fraction of sp³-hybridized carbons (Fsp3) is 0.909. The van der Waals surface area contributed by atoms with Crippen molar-refractivity contribution in [1.82, 2.24) is 4.90 Å². The van der Waals surface area contributed by atoms with Crippen LogP contribution in [-0.2, 0) is 19.0 Å². The molecule has 1 amide bonds. The Kier molecular flexibility index (Phi) is 6.02. The number of amides is 1. The number of aliphatic hydroxyl groups is 1. The molecule has 1 aliphatic heterocycles. The molecule has 1 N–H and O–H groups in total. The van der Waals surface area contributed by atoms with Gasteiger partial charge in [0, 0.05) is 12.5 Å². The monoisotopic (exact) mass is 295 g/mol. The van der Waals surface area contributed by atoms with Crippen LogP contribution < -0.4 is 0 Å². The van der Waals surface area contributed by atoms with Crippen LogP contribution in [0, 0.1) is 5.92 Å². The lowest BCUT2D eigenvalue weighted by molar-refractivity contribution is 0.0991. The Hall–Kier alpha value is -0.860. The van der Waals surface area contributed by atoms with Gasteiger partial charge < -0.3 is 14.7 Å². The third kappa shape index (κ3) is 5.75. The zero-order valence-electron chi connectivity index (χ0n) is 11.2. The number of carbonyl (C=O) groups excluding carboxylic acids is 1. The molecule has 0 saturated carbocycles. The molecule has 1 fully saturated rings. The van der Waals surface area contributed by atoms with Gasteiger partial charge in [0.1, 0.15) is 0 Å². The van der Waals surface area contributed by atoms with E-state index >= 15 is 0 Å². The van der Waals surface area contributed by atoms with E-state index in [9.17, 15) is 18.3 Å². The van der Waals surface area contributed by atoms with Gasteiger partial charge in [0.05, 0.1) is 32.1 Å². The summed E-state index contributed by atoms with van der Waals surface area (Å²) in [5.74, 6) is -0.409. The van der Waals surface area contributed by atoms with E-state index in [2.05, 4.69) is 4.18 Å². The van der Waals surface area contributed by atoms with Gasteiger partial charge in [-0.3, -0.25) is 4.18 Å². The lowest BCUT2D eigenvalue weighted by atomic mass is 10.1. The number of ether oxygens (including phenoxy) is 1. The molecule has 8 heteroatoms. The summed E-state index contributed by atoms with van der Waals surface area (Å²) in [6, 6.07) is 0. The van der Waals surface area contributed by atoms with Gasteiger partial charge in [0.15, 0.2) is 0 Å². The number of rotatable bonds is 6. The highest BCUT2D eigenvalue weighted by atomic mass is 32.2. The predicted octanol–water partition coefficient (Wildman–Crippen LogP) is 0.192. The van der Waals surface area contributed by atoms with Gasteiger partial charge in [-0.2, -0.15) is 8.42 Å². The number of carbonyl (C=O) groups is 1. The van der Waals surface area contributed by atoms with E-state index < -0.39 is 28.2 Å². The van der Waals surface area contributed by atoms with Gasteiger partial charge in [-0.25, -0.2) is 4.79 Å². The zero-order chi connectivity index (χ0) is 14.5. The van der Waals surface area contributed by atoms with E-state index in [1.54, 1.807) is 0 Å². The van der Waals surface area contributed by atoms with Crippen LogP contribution >= 0.6 is 0 Å². The van der Waals surface area contributed by atoms with Gasteiger partial charge in [0.25, 0.3) is 10.1 Å². The van der Waals surface area contributed by atoms with Crippen molar-refractivity contribution < 1.29 is 27.2 Å². The van der Waals surface area contributed by atoms with Gasteiger partial charge in [-0.15, -0.1) is 0 Å². The molecular weight excluding hydrogens is 274 g/mol. The molecule has 0 bridgehead atoms. The molecule has 0 spiro atoms. The summed E-state index contributed by atoms with van der Waals surface area (Å²) in [4.78, 5) is 13.0. The molecule has 1 saturated heterocycles. The Balaban J connectivity index is 2.39. The van der Waals surface area contributed by atoms with Gasteiger partial charge in [-0.1, -0.05) is 13.3 Å². The van der Waals surface area contributed by atoms with Crippen LogP contribution in [0.3, 0.4) is 0 Å². The van der Waals surface area contributed by atoms with Crippen LogP contribution in [0.15, 0.2) is 0 Å². The van der Waals surface area contributed by atoms with Crippen molar-refractivity contribution in [3.63, 3.8) is 0 Å². The fourth-order valence-electron chi connectivity index (χ4n) is 1.77.